The van der Waals surface area contributed by atoms with Crippen LogP contribution < -0.4 is 10.1 Å². The number of aliphatic hydroxyl groups is 1. The third kappa shape index (κ3) is 5.90. The van der Waals surface area contributed by atoms with Gasteiger partial charge >= 0.3 is 0 Å². The van der Waals surface area contributed by atoms with E-state index in [9.17, 15) is 9.90 Å². The summed E-state index contributed by atoms with van der Waals surface area (Å²) in [5, 5.41) is 12.4. The highest BCUT2D eigenvalue weighted by molar-refractivity contribution is 9.10. The molecule has 1 unspecified atom stereocenters. The highest BCUT2D eigenvalue weighted by atomic mass is 79.9. The summed E-state index contributed by atoms with van der Waals surface area (Å²) in [7, 11) is 1.62. The van der Waals surface area contributed by atoms with Crippen LogP contribution in [0.25, 0.3) is 0 Å². The Bertz CT molecular complexity index is 437. The molecule has 0 radical (unpaired) electrons. The minimum Gasteiger partial charge on any atom is -0.483 e. The quantitative estimate of drug-likeness (QED) is 0.707. The van der Waals surface area contributed by atoms with Gasteiger partial charge in [0.2, 0.25) is 0 Å². The number of amides is 1. The molecule has 20 heavy (non-hydrogen) atoms. The zero-order valence-corrected chi connectivity index (χ0v) is 13.3. The van der Waals surface area contributed by atoms with Gasteiger partial charge in [0.25, 0.3) is 5.91 Å². The van der Waals surface area contributed by atoms with Gasteiger partial charge < -0.3 is 19.9 Å². The third-order valence-electron chi connectivity index (χ3n) is 2.63. The van der Waals surface area contributed by atoms with Crippen LogP contribution in [0.4, 0.5) is 0 Å². The molecule has 0 bridgehead atoms. The molecule has 0 saturated heterocycles. The van der Waals surface area contributed by atoms with Gasteiger partial charge in [0.15, 0.2) is 6.61 Å². The molecule has 2 N–H and O–H groups in total. The Morgan fingerprint density at radius 3 is 2.90 bits per heavy atom. The minimum absolute atomic E-state index is 0.0802. The van der Waals surface area contributed by atoms with Crippen molar-refractivity contribution in [2.75, 3.05) is 26.9 Å². The first-order valence-electron chi connectivity index (χ1n) is 6.40. The first kappa shape index (κ1) is 16.9. The normalized spacial score (nSPS) is 12.0. The smallest absolute Gasteiger partial charge is 0.257 e. The van der Waals surface area contributed by atoms with Gasteiger partial charge in [-0.3, -0.25) is 4.79 Å². The summed E-state index contributed by atoms with van der Waals surface area (Å²) in [5.74, 6) is 0.305. The summed E-state index contributed by atoms with van der Waals surface area (Å²) >= 11 is 3.34. The lowest BCUT2D eigenvalue weighted by atomic mass is 10.1. The Morgan fingerprint density at radius 1 is 1.50 bits per heavy atom. The van der Waals surface area contributed by atoms with E-state index in [1.807, 2.05) is 6.07 Å². The zero-order chi connectivity index (χ0) is 15.0. The van der Waals surface area contributed by atoms with Gasteiger partial charge in [0, 0.05) is 30.3 Å². The Labute approximate surface area is 127 Å². The predicted octanol–water partition coefficient (Wildman–Crippen LogP) is 2.03. The Balaban J connectivity index is 2.48. The molecular formula is C14H20BrNO4. The number of benzene rings is 1. The largest absolute Gasteiger partial charge is 0.483 e. The maximum atomic E-state index is 11.6. The van der Waals surface area contributed by atoms with Gasteiger partial charge in [-0.25, -0.2) is 0 Å². The maximum absolute atomic E-state index is 11.6. The fourth-order valence-corrected chi connectivity index (χ4v) is 1.96. The van der Waals surface area contributed by atoms with E-state index < -0.39 is 6.10 Å². The summed E-state index contributed by atoms with van der Waals surface area (Å²) < 4.78 is 11.2. The summed E-state index contributed by atoms with van der Waals surface area (Å²) in [6.45, 7) is 2.74. The second-order valence-corrected chi connectivity index (χ2v) is 5.26. The molecule has 0 spiro atoms. The van der Waals surface area contributed by atoms with E-state index in [-0.39, 0.29) is 12.5 Å². The van der Waals surface area contributed by atoms with Gasteiger partial charge in [-0.15, -0.1) is 0 Å². The number of ether oxygens (including phenoxy) is 2. The molecule has 0 aliphatic heterocycles. The van der Waals surface area contributed by atoms with Crippen molar-refractivity contribution in [1.82, 2.24) is 5.32 Å². The maximum Gasteiger partial charge on any atom is 0.257 e. The van der Waals surface area contributed by atoms with Gasteiger partial charge in [0.05, 0.1) is 6.10 Å². The molecular weight excluding hydrogens is 326 g/mol. The van der Waals surface area contributed by atoms with E-state index in [0.717, 1.165) is 10.9 Å². The Kier molecular flexibility index (Phi) is 7.58. The van der Waals surface area contributed by atoms with Crippen LogP contribution in [0.3, 0.4) is 0 Å². The monoisotopic (exact) mass is 345 g/mol. The summed E-state index contributed by atoms with van der Waals surface area (Å²) in [4.78, 5) is 11.6. The molecule has 1 aromatic carbocycles. The van der Waals surface area contributed by atoms with Crippen molar-refractivity contribution in [3.05, 3.63) is 28.2 Å². The molecule has 0 aliphatic carbocycles. The number of hydrogen-bond donors (Lipinski definition) is 2. The van der Waals surface area contributed by atoms with E-state index >= 15 is 0 Å². The van der Waals surface area contributed by atoms with Crippen LogP contribution in [0.15, 0.2) is 22.7 Å². The number of rotatable bonds is 8. The topological polar surface area (TPSA) is 67.8 Å². The zero-order valence-electron chi connectivity index (χ0n) is 11.7. The number of nitrogens with one attached hydrogen (secondary N) is 1. The molecule has 1 amide bonds. The lowest BCUT2D eigenvalue weighted by molar-refractivity contribution is -0.123. The van der Waals surface area contributed by atoms with Gasteiger partial charge in [-0.05, 0) is 25.5 Å². The molecule has 1 aromatic rings. The lowest BCUT2D eigenvalue weighted by Crippen LogP contribution is -2.30. The van der Waals surface area contributed by atoms with Crippen molar-refractivity contribution in [3.63, 3.8) is 0 Å². The van der Waals surface area contributed by atoms with Crippen molar-refractivity contribution < 1.29 is 19.4 Å². The van der Waals surface area contributed by atoms with E-state index in [1.54, 1.807) is 26.2 Å². The van der Waals surface area contributed by atoms with Crippen LogP contribution in [0.1, 0.15) is 25.0 Å². The average molecular weight is 346 g/mol. The SMILES string of the molecule is COCCCNC(=O)COc1cc(Br)ccc1C(C)O. The highest BCUT2D eigenvalue weighted by Crippen LogP contribution is 2.28. The molecule has 0 aromatic heterocycles. The molecule has 0 heterocycles. The van der Waals surface area contributed by atoms with Crippen molar-refractivity contribution in [2.24, 2.45) is 0 Å². The number of carbonyl (C=O) groups is 1. The Hall–Kier alpha value is -1.11. The van der Waals surface area contributed by atoms with Crippen LogP contribution in [-0.4, -0.2) is 37.9 Å². The number of methoxy groups -OCH3 is 1. The third-order valence-corrected chi connectivity index (χ3v) is 3.13. The second-order valence-electron chi connectivity index (χ2n) is 4.34. The first-order chi connectivity index (χ1) is 9.54. The van der Waals surface area contributed by atoms with Crippen LogP contribution >= 0.6 is 15.9 Å². The fourth-order valence-electron chi connectivity index (χ4n) is 1.62. The van der Waals surface area contributed by atoms with Gasteiger partial charge in [-0.1, -0.05) is 22.0 Å². The summed E-state index contributed by atoms with van der Waals surface area (Å²) in [5.41, 5.74) is 0.653. The van der Waals surface area contributed by atoms with E-state index in [4.69, 9.17) is 9.47 Å². The van der Waals surface area contributed by atoms with Crippen LogP contribution in [0, 0.1) is 0 Å². The number of aliphatic hydroxyl groups excluding tert-OH is 1. The molecule has 1 atom stereocenters. The molecule has 0 saturated carbocycles. The van der Waals surface area contributed by atoms with Crippen LogP contribution in [0.2, 0.25) is 0 Å². The molecule has 0 aliphatic rings. The standard InChI is InChI=1S/C14H20BrNO4/c1-10(17)12-5-4-11(15)8-13(12)20-9-14(18)16-6-3-7-19-2/h4-5,8,10,17H,3,6-7,9H2,1-2H3,(H,16,18). The molecule has 1 rings (SSSR count). The van der Waals surface area contributed by atoms with Crippen molar-refractivity contribution in [3.8, 4) is 5.75 Å². The van der Waals surface area contributed by atoms with E-state index in [0.29, 0.717) is 24.5 Å². The van der Waals surface area contributed by atoms with Gasteiger partial charge in [0.1, 0.15) is 5.75 Å². The molecule has 5 nitrogen and oxygen atoms in total. The molecule has 112 valence electrons. The number of carbonyl (C=O) groups excluding carboxylic acids is 1. The van der Waals surface area contributed by atoms with Crippen molar-refractivity contribution in [1.29, 1.82) is 0 Å². The fraction of sp³-hybridized carbons (Fsp3) is 0.500. The first-order valence-corrected chi connectivity index (χ1v) is 7.20. The van der Waals surface area contributed by atoms with Crippen molar-refractivity contribution >= 4 is 21.8 Å². The minimum atomic E-state index is -0.650. The van der Waals surface area contributed by atoms with E-state index in [1.165, 1.54) is 0 Å². The molecule has 0 fully saturated rings. The lowest BCUT2D eigenvalue weighted by Gasteiger charge is -2.13. The number of halogens is 1. The summed E-state index contributed by atoms with van der Waals surface area (Å²) in [6.07, 6.45) is 0.112. The van der Waals surface area contributed by atoms with Crippen LogP contribution in [0.5, 0.6) is 5.75 Å². The molecule has 6 heteroatoms. The Morgan fingerprint density at radius 2 is 2.25 bits per heavy atom. The van der Waals surface area contributed by atoms with E-state index in [2.05, 4.69) is 21.2 Å². The summed E-state index contributed by atoms with van der Waals surface area (Å²) in [6, 6.07) is 5.32. The predicted molar refractivity (Wildman–Crippen MR) is 79.8 cm³/mol. The van der Waals surface area contributed by atoms with Gasteiger partial charge in [-0.2, -0.15) is 0 Å². The van der Waals surface area contributed by atoms with Crippen molar-refractivity contribution in [2.45, 2.75) is 19.4 Å². The number of hydrogen-bond acceptors (Lipinski definition) is 4. The average Bonchev–Trinajstić information content (AvgIpc) is 2.41. The highest BCUT2D eigenvalue weighted by Gasteiger charge is 2.11. The van der Waals surface area contributed by atoms with Crippen LogP contribution in [-0.2, 0) is 9.53 Å². The second kappa shape index (κ2) is 8.94.